The fraction of sp³-hybridized carbons (Fsp3) is 0.0746. The summed E-state index contributed by atoms with van der Waals surface area (Å²) in [5.41, 5.74) is 16.1. The lowest BCUT2D eigenvalue weighted by Gasteiger charge is -2.21. The second kappa shape index (κ2) is 17.7. The van der Waals surface area contributed by atoms with Crippen LogP contribution in [0.4, 0.5) is 13.2 Å². The van der Waals surface area contributed by atoms with E-state index in [2.05, 4.69) is 188 Å². The molecule has 0 fully saturated rings. The predicted octanol–water partition coefficient (Wildman–Crippen LogP) is 18.2. The van der Waals surface area contributed by atoms with Crippen molar-refractivity contribution in [1.29, 1.82) is 10.5 Å². The van der Waals surface area contributed by atoms with Gasteiger partial charge in [-0.1, -0.05) is 174 Å². The molecule has 10 aromatic carbocycles. The number of hydrogen-bond donors (Lipinski definition) is 0. The number of aryl methyl sites for hydroxylation is 4. The second-order valence-corrected chi connectivity index (χ2v) is 19.5. The minimum absolute atomic E-state index is 0.149. The number of aromatic nitrogens is 2. The van der Waals surface area contributed by atoms with Crippen LogP contribution >= 0.6 is 0 Å². The molecule has 0 bridgehead atoms. The molecule has 0 unspecified atom stereocenters. The van der Waals surface area contributed by atoms with Crippen LogP contribution in [0.5, 0.6) is 0 Å². The molecule has 0 radical (unpaired) electrons. The van der Waals surface area contributed by atoms with Gasteiger partial charge < -0.3 is 9.13 Å². The zero-order chi connectivity index (χ0) is 51.0. The van der Waals surface area contributed by atoms with Crippen LogP contribution in [0.15, 0.2) is 200 Å². The second-order valence-electron chi connectivity index (χ2n) is 19.5. The maximum atomic E-state index is 14.9. The van der Waals surface area contributed by atoms with Gasteiger partial charge in [-0.15, -0.1) is 0 Å². The molecule has 0 aliphatic heterocycles. The van der Waals surface area contributed by atoms with Crippen molar-refractivity contribution in [2.24, 2.45) is 0 Å². The van der Waals surface area contributed by atoms with Crippen LogP contribution in [-0.4, -0.2) is 9.13 Å². The van der Waals surface area contributed by atoms with E-state index in [1.165, 1.54) is 6.07 Å². The minimum Gasteiger partial charge on any atom is -0.308 e. The molecule has 7 heteroatoms. The van der Waals surface area contributed by atoms with Gasteiger partial charge in [-0.25, -0.2) is 0 Å². The highest BCUT2D eigenvalue weighted by Crippen LogP contribution is 2.46. The average Bonchev–Trinajstić information content (AvgIpc) is 3.94. The molecular weight excluding hydrogens is 918 g/mol. The van der Waals surface area contributed by atoms with E-state index in [1.54, 1.807) is 0 Å². The van der Waals surface area contributed by atoms with Gasteiger partial charge in [0.15, 0.2) is 0 Å². The lowest BCUT2D eigenvalue weighted by Crippen LogP contribution is -2.08. The number of hydrogen-bond acceptors (Lipinski definition) is 2. The lowest BCUT2D eigenvalue weighted by atomic mass is 9.94. The highest BCUT2D eigenvalue weighted by atomic mass is 19.4. The molecule has 0 amide bonds. The molecule has 0 atom stereocenters. The Morgan fingerprint density at radius 3 is 1.09 bits per heavy atom. The van der Waals surface area contributed by atoms with Crippen molar-refractivity contribution in [3.05, 3.63) is 239 Å². The van der Waals surface area contributed by atoms with Crippen molar-refractivity contribution in [3.63, 3.8) is 0 Å². The molecule has 74 heavy (non-hydrogen) atoms. The first kappa shape index (κ1) is 45.7. The number of rotatable bonds is 7. The lowest BCUT2D eigenvalue weighted by molar-refractivity contribution is -0.137. The van der Waals surface area contributed by atoms with Crippen LogP contribution < -0.4 is 0 Å². The molecule has 0 spiro atoms. The van der Waals surface area contributed by atoms with Crippen LogP contribution in [0.1, 0.15) is 38.9 Å². The van der Waals surface area contributed by atoms with Crippen molar-refractivity contribution >= 4 is 43.6 Å². The van der Waals surface area contributed by atoms with Gasteiger partial charge in [0.25, 0.3) is 0 Å². The SMILES string of the molecule is Cc1cccc(-c2ccc3c4ccc(-c5cccc(C)c5)cc4n(-c4ccc(-c5cc(C#N)cc(C(F)(F)F)c5)c(-n5c6cc(-c7cccc(C)c7)ccc6c6ccc(-c7cccc(C)c7)cc65)c4C#N)c3c2)c1. The van der Waals surface area contributed by atoms with Gasteiger partial charge in [-0.3, -0.25) is 0 Å². The van der Waals surface area contributed by atoms with Crippen LogP contribution in [-0.2, 0) is 6.18 Å². The molecule has 0 saturated heterocycles. The minimum atomic E-state index is -4.76. The summed E-state index contributed by atoms with van der Waals surface area (Å²) in [6, 6.07) is 70.5. The molecule has 12 aromatic rings. The van der Waals surface area contributed by atoms with Gasteiger partial charge in [0.2, 0.25) is 0 Å². The fourth-order valence-electron chi connectivity index (χ4n) is 10.9. The molecule has 4 nitrogen and oxygen atoms in total. The van der Waals surface area contributed by atoms with Gasteiger partial charge in [-0.2, -0.15) is 23.7 Å². The monoisotopic (exact) mass is 962 g/mol. The van der Waals surface area contributed by atoms with Crippen molar-refractivity contribution in [2.75, 3.05) is 0 Å². The standard InChI is InChI=1S/C67H45F3N4/c1-40-9-5-13-45(27-40)49-17-21-56-57-22-18-50(46-14-6-10-41(2)28-46)35-63(57)73(62(56)34-49)61-26-25-55(53-31-44(38-71)32-54(33-53)67(68,69)70)66(60(61)39-72)74-64-36-51(47-15-7-11-42(3)29-47)19-23-58(64)59-24-20-52(37-65(59)74)48-16-8-12-43(4)30-48/h5-37H,1-4H3. The first-order chi connectivity index (χ1) is 35.8. The van der Waals surface area contributed by atoms with Gasteiger partial charge in [0, 0.05) is 27.1 Å². The van der Waals surface area contributed by atoms with Crippen LogP contribution in [0.25, 0.3) is 111 Å². The smallest absolute Gasteiger partial charge is 0.308 e. The Bertz CT molecular complexity index is 4180. The normalized spacial score (nSPS) is 11.7. The fourth-order valence-corrected chi connectivity index (χ4v) is 10.9. The molecule has 2 heterocycles. The van der Waals surface area contributed by atoms with Crippen molar-refractivity contribution in [1.82, 2.24) is 9.13 Å². The first-order valence-electron chi connectivity index (χ1n) is 24.5. The Labute approximate surface area is 426 Å². The molecule has 0 saturated carbocycles. The predicted molar refractivity (Wildman–Crippen MR) is 296 cm³/mol. The molecule has 0 aliphatic carbocycles. The Morgan fingerprint density at radius 2 is 0.743 bits per heavy atom. The van der Waals surface area contributed by atoms with Crippen molar-refractivity contribution in [3.8, 4) is 79.1 Å². The van der Waals surface area contributed by atoms with Crippen molar-refractivity contribution < 1.29 is 13.2 Å². The zero-order valence-electron chi connectivity index (χ0n) is 41.0. The molecule has 354 valence electrons. The number of benzene rings is 10. The van der Waals surface area contributed by atoms with Crippen LogP contribution in [0.2, 0.25) is 0 Å². The molecule has 2 aromatic heterocycles. The number of halogens is 3. The molecular formula is C67H45F3N4. The molecule has 0 aliphatic rings. The summed E-state index contributed by atoms with van der Waals surface area (Å²) in [4.78, 5) is 0. The average molecular weight is 963 g/mol. The summed E-state index contributed by atoms with van der Waals surface area (Å²) in [5, 5.41) is 26.1. The van der Waals surface area contributed by atoms with E-state index in [0.29, 0.717) is 16.9 Å². The third-order valence-electron chi connectivity index (χ3n) is 14.4. The van der Waals surface area contributed by atoms with Gasteiger partial charge in [0.1, 0.15) is 11.6 Å². The first-order valence-corrected chi connectivity index (χ1v) is 24.5. The van der Waals surface area contributed by atoms with Crippen molar-refractivity contribution in [2.45, 2.75) is 33.9 Å². The Hall–Kier alpha value is -9.43. The van der Waals surface area contributed by atoms with Gasteiger partial charge >= 0.3 is 6.18 Å². The summed E-state index contributed by atoms with van der Waals surface area (Å²) < 4.78 is 49.0. The maximum Gasteiger partial charge on any atom is 0.416 e. The van der Waals surface area contributed by atoms with E-state index in [-0.39, 0.29) is 16.7 Å². The van der Waals surface area contributed by atoms with Crippen LogP contribution in [0.3, 0.4) is 0 Å². The molecule has 0 N–H and O–H groups in total. The largest absolute Gasteiger partial charge is 0.416 e. The Balaban J connectivity index is 1.26. The summed E-state index contributed by atoms with van der Waals surface area (Å²) in [6.07, 6.45) is -4.76. The van der Waals surface area contributed by atoms with E-state index < -0.39 is 11.7 Å². The van der Waals surface area contributed by atoms with E-state index in [0.717, 1.165) is 123 Å². The summed E-state index contributed by atoms with van der Waals surface area (Å²) >= 11 is 0. The summed E-state index contributed by atoms with van der Waals surface area (Å²) in [7, 11) is 0. The number of nitrogens with zero attached hydrogens (tertiary/aromatic N) is 4. The molecule has 12 rings (SSSR count). The number of nitriles is 2. The van der Waals surface area contributed by atoms with E-state index in [9.17, 15) is 23.7 Å². The topological polar surface area (TPSA) is 57.4 Å². The highest BCUT2D eigenvalue weighted by Gasteiger charge is 2.33. The highest BCUT2D eigenvalue weighted by molar-refractivity contribution is 6.14. The van der Waals surface area contributed by atoms with E-state index in [4.69, 9.17) is 0 Å². The van der Waals surface area contributed by atoms with Crippen LogP contribution in [0, 0.1) is 50.4 Å². The van der Waals surface area contributed by atoms with Gasteiger partial charge in [0.05, 0.1) is 50.6 Å². The number of fused-ring (bicyclic) bond motifs is 6. The summed E-state index contributed by atoms with van der Waals surface area (Å²) in [5.74, 6) is 0. The maximum absolute atomic E-state index is 14.9. The van der Waals surface area contributed by atoms with E-state index >= 15 is 0 Å². The zero-order valence-corrected chi connectivity index (χ0v) is 41.0. The van der Waals surface area contributed by atoms with E-state index in [1.807, 2.05) is 42.5 Å². The third kappa shape index (κ3) is 7.87. The quantitative estimate of drug-likeness (QED) is 0.160. The Kier molecular flexibility index (Phi) is 10.9. The Morgan fingerprint density at radius 1 is 0.365 bits per heavy atom. The van der Waals surface area contributed by atoms with Gasteiger partial charge in [-0.05, 0) is 126 Å². The summed E-state index contributed by atoms with van der Waals surface area (Å²) in [6.45, 7) is 8.24. The third-order valence-corrected chi connectivity index (χ3v) is 14.4. The number of alkyl halides is 3.